The van der Waals surface area contributed by atoms with Gasteiger partial charge in [0, 0.05) is 16.6 Å². The van der Waals surface area contributed by atoms with Gasteiger partial charge in [0.1, 0.15) is 0 Å². The minimum absolute atomic E-state index is 0.0682. The zero-order chi connectivity index (χ0) is 14.3. The van der Waals surface area contributed by atoms with Crippen molar-refractivity contribution >= 4 is 17.5 Å². The van der Waals surface area contributed by atoms with E-state index in [1.165, 1.54) is 0 Å². The minimum Gasteiger partial charge on any atom is -0.366 e. The van der Waals surface area contributed by atoms with Crippen molar-refractivity contribution in [3.8, 4) is 0 Å². The van der Waals surface area contributed by atoms with Crippen molar-refractivity contribution in [2.75, 3.05) is 0 Å². The molecule has 0 saturated carbocycles. The van der Waals surface area contributed by atoms with Gasteiger partial charge in [0.05, 0.1) is 0 Å². The summed E-state index contributed by atoms with van der Waals surface area (Å²) in [5, 5.41) is 0.745. The Morgan fingerprint density at radius 3 is 2.11 bits per heavy atom. The number of primary amides is 1. The lowest BCUT2D eigenvalue weighted by Gasteiger charge is -2.03. The van der Waals surface area contributed by atoms with E-state index in [4.69, 9.17) is 23.1 Å². The minimum atomic E-state index is -0.379. The van der Waals surface area contributed by atoms with Crippen LogP contribution in [0.2, 0.25) is 5.02 Å². The fourth-order valence-corrected chi connectivity index (χ4v) is 1.59. The monoisotopic (exact) mass is 276 g/mol. The van der Waals surface area contributed by atoms with Crippen molar-refractivity contribution < 1.29 is 4.79 Å². The molecule has 0 aliphatic heterocycles. The van der Waals surface area contributed by atoms with Crippen molar-refractivity contribution in [1.82, 2.24) is 0 Å². The first-order chi connectivity index (χ1) is 9.00. The van der Waals surface area contributed by atoms with E-state index >= 15 is 0 Å². The van der Waals surface area contributed by atoms with E-state index in [1.54, 1.807) is 24.3 Å². The standard InChI is InChI=1S/C8H10ClN.C7H7NO/c1-6(10)7-3-2-4-8(9)5-7;8-7(9)6-4-2-1-3-5-6/h2-6H,10H2,1H3;1-5H,(H2,8,9)/t6-;/m1./s1. The molecule has 2 rings (SSSR count). The van der Waals surface area contributed by atoms with Gasteiger partial charge >= 0.3 is 0 Å². The maximum atomic E-state index is 10.4. The molecule has 0 spiro atoms. The Balaban J connectivity index is 0.000000191. The first kappa shape index (κ1) is 15.2. The summed E-state index contributed by atoms with van der Waals surface area (Å²) in [7, 11) is 0. The molecule has 19 heavy (non-hydrogen) atoms. The lowest BCUT2D eigenvalue weighted by Crippen LogP contribution is -2.09. The van der Waals surface area contributed by atoms with Gasteiger partial charge in [0.25, 0.3) is 0 Å². The molecule has 0 aromatic heterocycles. The number of carbonyl (C=O) groups excluding carboxylic acids is 1. The van der Waals surface area contributed by atoms with Crippen LogP contribution in [0.4, 0.5) is 0 Å². The van der Waals surface area contributed by atoms with Gasteiger partial charge in [-0.3, -0.25) is 4.79 Å². The number of rotatable bonds is 2. The lowest BCUT2D eigenvalue weighted by molar-refractivity contribution is 0.100. The third-order valence-electron chi connectivity index (χ3n) is 2.43. The number of hydrogen-bond donors (Lipinski definition) is 2. The Morgan fingerprint density at radius 2 is 1.74 bits per heavy atom. The van der Waals surface area contributed by atoms with Crippen LogP contribution in [-0.4, -0.2) is 5.91 Å². The number of halogens is 1. The summed E-state index contributed by atoms with van der Waals surface area (Å²) < 4.78 is 0. The summed E-state index contributed by atoms with van der Waals surface area (Å²) in [6, 6.07) is 16.4. The first-order valence-electron chi connectivity index (χ1n) is 5.86. The van der Waals surface area contributed by atoms with E-state index in [-0.39, 0.29) is 11.9 Å². The van der Waals surface area contributed by atoms with Gasteiger partial charge in [0.2, 0.25) is 5.91 Å². The summed E-state index contributed by atoms with van der Waals surface area (Å²) >= 11 is 5.73. The van der Waals surface area contributed by atoms with Gasteiger partial charge in [-0.1, -0.05) is 41.9 Å². The summed E-state index contributed by atoms with van der Waals surface area (Å²) in [5.74, 6) is -0.379. The van der Waals surface area contributed by atoms with Gasteiger partial charge in [0.15, 0.2) is 0 Å². The molecule has 0 aliphatic carbocycles. The van der Waals surface area contributed by atoms with Crippen molar-refractivity contribution in [3.63, 3.8) is 0 Å². The molecule has 3 nitrogen and oxygen atoms in total. The Morgan fingerprint density at radius 1 is 1.11 bits per heavy atom. The Kier molecular flexibility index (Phi) is 6.06. The summed E-state index contributed by atoms with van der Waals surface area (Å²) in [6.45, 7) is 1.94. The zero-order valence-corrected chi connectivity index (χ0v) is 11.5. The van der Waals surface area contributed by atoms with Crippen LogP contribution < -0.4 is 11.5 Å². The highest BCUT2D eigenvalue weighted by atomic mass is 35.5. The van der Waals surface area contributed by atoms with Crippen LogP contribution in [0, 0.1) is 0 Å². The number of carbonyl (C=O) groups is 1. The molecule has 0 heterocycles. The number of nitrogens with two attached hydrogens (primary N) is 2. The van der Waals surface area contributed by atoms with Crippen LogP contribution in [-0.2, 0) is 0 Å². The highest BCUT2D eigenvalue weighted by molar-refractivity contribution is 6.30. The topological polar surface area (TPSA) is 69.1 Å². The molecule has 0 unspecified atom stereocenters. The van der Waals surface area contributed by atoms with Crippen molar-refractivity contribution in [1.29, 1.82) is 0 Å². The van der Waals surface area contributed by atoms with Gasteiger partial charge in [-0.2, -0.15) is 0 Å². The van der Waals surface area contributed by atoms with Gasteiger partial charge < -0.3 is 11.5 Å². The Bertz CT molecular complexity index is 527. The van der Waals surface area contributed by atoms with Crippen LogP contribution in [0.5, 0.6) is 0 Å². The van der Waals surface area contributed by atoms with Crippen LogP contribution >= 0.6 is 11.6 Å². The van der Waals surface area contributed by atoms with E-state index in [2.05, 4.69) is 0 Å². The molecule has 4 heteroatoms. The van der Waals surface area contributed by atoms with E-state index in [0.717, 1.165) is 10.6 Å². The van der Waals surface area contributed by atoms with Crippen molar-refractivity contribution in [3.05, 3.63) is 70.7 Å². The molecule has 1 atom stereocenters. The van der Waals surface area contributed by atoms with E-state index in [0.29, 0.717) is 5.56 Å². The van der Waals surface area contributed by atoms with Gasteiger partial charge in [-0.25, -0.2) is 0 Å². The first-order valence-corrected chi connectivity index (χ1v) is 6.24. The molecule has 2 aromatic rings. The van der Waals surface area contributed by atoms with Crippen LogP contribution in [0.1, 0.15) is 28.9 Å². The van der Waals surface area contributed by atoms with Gasteiger partial charge in [-0.15, -0.1) is 0 Å². The second-order valence-corrected chi connectivity index (χ2v) is 4.51. The SMILES string of the molecule is C[C@@H](N)c1cccc(Cl)c1.NC(=O)c1ccccc1. The maximum Gasteiger partial charge on any atom is 0.248 e. The molecule has 0 radical (unpaired) electrons. The summed E-state index contributed by atoms with van der Waals surface area (Å²) in [4.78, 5) is 10.4. The van der Waals surface area contributed by atoms with Crippen molar-refractivity contribution in [2.45, 2.75) is 13.0 Å². The third kappa shape index (κ3) is 5.55. The number of amides is 1. The second-order valence-electron chi connectivity index (χ2n) is 4.07. The van der Waals surface area contributed by atoms with Gasteiger partial charge in [-0.05, 0) is 36.8 Å². The Labute approximate surface area is 118 Å². The average molecular weight is 277 g/mol. The molecule has 100 valence electrons. The molecule has 2 aromatic carbocycles. The molecule has 0 bridgehead atoms. The fraction of sp³-hybridized carbons (Fsp3) is 0.133. The molecule has 4 N–H and O–H groups in total. The van der Waals surface area contributed by atoms with E-state index in [9.17, 15) is 4.79 Å². The summed E-state index contributed by atoms with van der Waals surface area (Å²) in [6.07, 6.45) is 0. The largest absolute Gasteiger partial charge is 0.366 e. The smallest absolute Gasteiger partial charge is 0.248 e. The van der Waals surface area contributed by atoms with E-state index in [1.807, 2.05) is 37.3 Å². The van der Waals surface area contributed by atoms with Crippen LogP contribution in [0.25, 0.3) is 0 Å². The number of benzene rings is 2. The lowest BCUT2D eigenvalue weighted by atomic mass is 10.1. The molecule has 0 fully saturated rings. The molecular formula is C15H17ClN2O. The molecule has 1 amide bonds. The Hall–Kier alpha value is -1.84. The molecule has 0 saturated heterocycles. The third-order valence-corrected chi connectivity index (χ3v) is 2.67. The summed E-state index contributed by atoms with van der Waals surface area (Å²) in [5.41, 5.74) is 12.2. The van der Waals surface area contributed by atoms with Crippen molar-refractivity contribution in [2.24, 2.45) is 11.5 Å². The molecule has 0 aliphatic rings. The van der Waals surface area contributed by atoms with Crippen LogP contribution in [0.15, 0.2) is 54.6 Å². The second kappa shape index (κ2) is 7.56. The highest BCUT2D eigenvalue weighted by Crippen LogP contribution is 2.14. The number of hydrogen-bond acceptors (Lipinski definition) is 2. The van der Waals surface area contributed by atoms with Crippen LogP contribution in [0.3, 0.4) is 0 Å². The highest BCUT2D eigenvalue weighted by Gasteiger charge is 1.97. The molecular weight excluding hydrogens is 260 g/mol. The zero-order valence-electron chi connectivity index (χ0n) is 10.7. The average Bonchev–Trinajstić information content (AvgIpc) is 2.40. The quantitative estimate of drug-likeness (QED) is 0.885. The fourth-order valence-electron chi connectivity index (χ4n) is 1.39. The predicted molar refractivity (Wildman–Crippen MR) is 79.0 cm³/mol. The van der Waals surface area contributed by atoms with E-state index < -0.39 is 0 Å². The maximum absolute atomic E-state index is 10.4. The normalized spacial score (nSPS) is 11.1. The predicted octanol–water partition coefficient (Wildman–Crippen LogP) is 3.15.